The van der Waals surface area contributed by atoms with Crippen molar-refractivity contribution in [1.82, 2.24) is 25.0 Å². The highest BCUT2D eigenvalue weighted by Gasteiger charge is 2.25. The molecule has 150 valence electrons. The minimum Gasteiger partial charge on any atom is -0.376 e. The molecule has 0 radical (unpaired) electrons. The monoisotopic (exact) mass is 383 g/mol. The third-order valence-electron chi connectivity index (χ3n) is 5.85. The Labute approximate surface area is 166 Å². The molecule has 1 N–H and O–H groups in total. The van der Waals surface area contributed by atoms with Crippen LogP contribution >= 0.6 is 0 Å². The molecule has 0 spiro atoms. The van der Waals surface area contributed by atoms with E-state index in [0.29, 0.717) is 18.1 Å². The first-order valence-corrected chi connectivity index (χ1v) is 10.3. The highest BCUT2D eigenvalue weighted by atomic mass is 16.5. The summed E-state index contributed by atoms with van der Waals surface area (Å²) in [6, 6.07) is 3.50. The molecule has 2 aliphatic rings. The number of hydrogen-bond acceptors (Lipinski definition) is 5. The summed E-state index contributed by atoms with van der Waals surface area (Å²) >= 11 is 0. The summed E-state index contributed by atoms with van der Waals surface area (Å²) in [6.07, 6.45) is 6.47. The third-order valence-corrected chi connectivity index (χ3v) is 5.85. The maximum atomic E-state index is 12.2. The molecule has 0 aliphatic carbocycles. The summed E-state index contributed by atoms with van der Waals surface area (Å²) < 4.78 is 7.82. The molecule has 0 bridgehead atoms. The second-order valence-electron chi connectivity index (χ2n) is 7.66. The van der Waals surface area contributed by atoms with Gasteiger partial charge in [-0.15, -0.1) is 0 Å². The molecule has 1 fully saturated rings. The van der Waals surface area contributed by atoms with Gasteiger partial charge in [-0.3, -0.25) is 19.4 Å². The van der Waals surface area contributed by atoms with Gasteiger partial charge in [0.25, 0.3) is 5.91 Å². The number of aromatic nitrogens is 3. The van der Waals surface area contributed by atoms with E-state index in [1.807, 2.05) is 0 Å². The van der Waals surface area contributed by atoms with Gasteiger partial charge in [0.15, 0.2) is 0 Å². The van der Waals surface area contributed by atoms with Crippen molar-refractivity contribution >= 4 is 5.91 Å². The van der Waals surface area contributed by atoms with Crippen LogP contribution in [0.15, 0.2) is 24.5 Å². The molecule has 0 atom stereocenters. The number of fused-ring (bicyclic) bond motifs is 1. The first kappa shape index (κ1) is 19.1. The molecule has 0 unspecified atom stereocenters. The molecule has 7 heteroatoms. The van der Waals surface area contributed by atoms with E-state index >= 15 is 0 Å². The zero-order valence-corrected chi connectivity index (χ0v) is 16.6. The van der Waals surface area contributed by atoms with Crippen molar-refractivity contribution in [1.29, 1.82) is 0 Å². The second-order valence-corrected chi connectivity index (χ2v) is 7.66. The first-order valence-electron chi connectivity index (χ1n) is 10.3. The van der Waals surface area contributed by atoms with Crippen LogP contribution in [-0.2, 0) is 30.9 Å². The van der Waals surface area contributed by atoms with E-state index in [9.17, 15) is 4.79 Å². The molecule has 4 rings (SSSR count). The average Bonchev–Trinajstić information content (AvgIpc) is 3.11. The normalized spacial score (nSPS) is 18.0. The number of carbonyl (C=O) groups is 1. The zero-order chi connectivity index (χ0) is 19.3. The Hall–Kier alpha value is -2.25. The molecule has 0 saturated carbocycles. The standard InChI is InChI=1S/C21H29N5O2/c1-2-26-20-7-12-28-15-18(20)19(24-26)14-25-10-5-16(6-11-25)13-23-21(27)17-3-8-22-9-4-17/h3-4,8-9,16H,2,5-7,10-15H2,1H3,(H,23,27). The smallest absolute Gasteiger partial charge is 0.251 e. The molecule has 1 saturated heterocycles. The van der Waals surface area contributed by atoms with Crippen LogP contribution in [0.4, 0.5) is 0 Å². The van der Waals surface area contributed by atoms with E-state index in [1.54, 1.807) is 24.5 Å². The third kappa shape index (κ3) is 4.25. The van der Waals surface area contributed by atoms with Crippen LogP contribution in [0.3, 0.4) is 0 Å². The van der Waals surface area contributed by atoms with Crippen LogP contribution in [0, 0.1) is 5.92 Å². The number of aryl methyl sites for hydroxylation is 1. The van der Waals surface area contributed by atoms with Crippen LogP contribution in [0.5, 0.6) is 0 Å². The zero-order valence-electron chi connectivity index (χ0n) is 16.6. The molecule has 2 aromatic heterocycles. The lowest BCUT2D eigenvalue weighted by molar-refractivity contribution is 0.0934. The Morgan fingerprint density at radius 3 is 2.82 bits per heavy atom. The number of nitrogens with one attached hydrogen (secondary N) is 1. The Bertz CT molecular complexity index is 797. The number of amides is 1. The Kier molecular flexibility index (Phi) is 6.02. The van der Waals surface area contributed by atoms with Crippen molar-refractivity contribution in [3.05, 3.63) is 47.0 Å². The highest BCUT2D eigenvalue weighted by molar-refractivity contribution is 5.93. The Morgan fingerprint density at radius 1 is 1.29 bits per heavy atom. The van der Waals surface area contributed by atoms with Crippen LogP contribution in [-0.4, -0.2) is 51.8 Å². The molecule has 28 heavy (non-hydrogen) atoms. The first-order chi connectivity index (χ1) is 13.7. The van der Waals surface area contributed by atoms with E-state index in [4.69, 9.17) is 9.84 Å². The molecular formula is C21H29N5O2. The van der Waals surface area contributed by atoms with Crippen molar-refractivity contribution in [3.8, 4) is 0 Å². The summed E-state index contributed by atoms with van der Waals surface area (Å²) in [4.78, 5) is 18.6. The minimum absolute atomic E-state index is 0.0124. The largest absolute Gasteiger partial charge is 0.376 e. The van der Waals surface area contributed by atoms with Gasteiger partial charge in [-0.2, -0.15) is 5.10 Å². The van der Waals surface area contributed by atoms with Crippen molar-refractivity contribution in [2.24, 2.45) is 5.92 Å². The van der Waals surface area contributed by atoms with Crippen molar-refractivity contribution < 1.29 is 9.53 Å². The topological polar surface area (TPSA) is 72.3 Å². The number of likely N-dealkylation sites (tertiary alicyclic amines) is 1. The molecule has 7 nitrogen and oxygen atoms in total. The van der Waals surface area contributed by atoms with Crippen molar-refractivity contribution in [2.75, 3.05) is 26.2 Å². The summed E-state index contributed by atoms with van der Waals surface area (Å²) in [5.74, 6) is 0.522. The number of pyridine rings is 1. The fourth-order valence-corrected chi connectivity index (χ4v) is 4.17. The average molecular weight is 383 g/mol. The lowest BCUT2D eigenvalue weighted by Gasteiger charge is -2.31. The predicted molar refractivity (Wildman–Crippen MR) is 106 cm³/mol. The lowest BCUT2D eigenvalue weighted by Crippen LogP contribution is -2.38. The molecular weight excluding hydrogens is 354 g/mol. The van der Waals surface area contributed by atoms with E-state index in [1.165, 1.54) is 17.0 Å². The molecule has 0 aromatic carbocycles. The van der Waals surface area contributed by atoms with Gasteiger partial charge in [0.05, 0.1) is 18.9 Å². The van der Waals surface area contributed by atoms with Crippen LogP contribution in [0.25, 0.3) is 0 Å². The Balaban J connectivity index is 1.27. The predicted octanol–water partition coefficient (Wildman–Crippen LogP) is 2.01. The fourth-order valence-electron chi connectivity index (χ4n) is 4.17. The van der Waals surface area contributed by atoms with Gasteiger partial charge in [0.1, 0.15) is 0 Å². The lowest BCUT2D eigenvalue weighted by atomic mass is 9.96. The molecule has 4 heterocycles. The molecule has 2 aromatic rings. The Morgan fingerprint density at radius 2 is 2.07 bits per heavy atom. The van der Waals surface area contributed by atoms with Crippen LogP contribution in [0.2, 0.25) is 0 Å². The van der Waals surface area contributed by atoms with E-state index in [0.717, 1.165) is 58.6 Å². The summed E-state index contributed by atoms with van der Waals surface area (Å²) in [6.45, 7) is 8.29. The number of ether oxygens (including phenoxy) is 1. The number of hydrogen-bond donors (Lipinski definition) is 1. The van der Waals surface area contributed by atoms with Gasteiger partial charge < -0.3 is 10.1 Å². The summed E-state index contributed by atoms with van der Waals surface area (Å²) in [5, 5.41) is 7.92. The number of carbonyl (C=O) groups excluding carboxylic acids is 1. The van der Waals surface area contributed by atoms with Gasteiger partial charge >= 0.3 is 0 Å². The van der Waals surface area contributed by atoms with Crippen molar-refractivity contribution in [3.63, 3.8) is 0 Å². The maximum Gasteiger partial charge on any atom is 0.251 e. The minimum atomic E-state index is -0.0124. The van der Waals surface area contributed by atoms with Gasteiger partial charge in [0.2, 0.25) is 0 Å². The van der Waals surface area contributed by atoms with E-state index in [-0.39, 0.29) is 5.91 Å². The summed E-state index contributed by atoms with van der Waals surface area (Å²) in [7, 11) is 0. The number of nitrogens with zero attached hydrogens (tertiary/aromatic N) is 4. The van der Waals surface area contributed by atoms with Gasteiger partial charge in [0, 0.05) is 55.3 Å². The SMILES string of the molecule is CCn1nc(CN2CCC(CNC(=O)c3ccncc3)CC2)c2c1CCOC2. The van der Waals surface area contributed by atoms with Crippen LogP contribution in [0.1, 0.15) is 47.1 Å². The fraction of sp³-hybridized carbons (Fsp3) is 0.571. The van der Waals surface area contributed by atoms with Gasteiger partial charge in [-0.25, -0.2) is 0 Å². The molecule has 2 aliphatic heterocycles. The maximum absolute atomic E-state index is 12.2. The number of piperidine rings is 1. The van der Waals surface area contributed by atoms with Gasteiger partial charge in [-0.05, 0) is 50.9 Å². The quantitative estimate of drug-likeness (QED) is 0.826. The molecule has 1 amide bonds. The van der Waals surface area contributed by atoms with Crippen LogP contribution < -0.4 is 5.32 Å². The van der Waals surface area contributed by atoms with E-state index < -0.39 is 0 Å². The summed E-state index contributed by atoms with van der Waals surface area (Å²) in [5.41, 5.74) is 4.52. The van der Waals surface area contributed by atoms with Crippen molar-refractivity contribution in [2.45, 2.75) is 45.9 Å². The second kappa shape index (κ2) is 8.84. The highest BCUT2D eigenvalue weighted by Crippen LogP contribution is 2.24. The van der Waals surface area contributed by atoms with E-state index in [2.05, 4.69) is 26.8 Å². The van der Waals surface area contributed by atoms with Gasteiger partial charge in [-0.1, -0.05) is 0 Å². The number of rotatable bonds is 6.